The monoisotopic (exact) mass is 496 g/mol. The Bertz CT molecular complexity index is 1270. The van der Waals surface area contributed by atoms with Crippen molar-refractivity contribution in [1.82, 2.24) is 0 Å². The number of halogens is 1. The summed E-state index contributed by atoms with van der Waals surface area (Å²) in [6, 6.07) is 14.9. The van der Waals surface area contributed by atoms with E-state index in [1.54, 1.807) is 24.3 Å². The van der Waals surface area contributed by atoms with E-state index in [9.17, 15) is 19.2 Å². The van der Waals surface area contributed by atoms with Crippen molar-refractivity contribution in [1.29, 1.82) is 0 Å². The lowest BCUT2D eigenvalue weighted by Gasteiger charge is -2.12. The number of esters is 2. The van der Waals surface area contributed by atoms with Gasteiger partial charge >= 0.3 is 11.9 Å². The lowest BCUT2D eigenvalue weighted by molar-refractivity contribution is 0.0598. The molecule has 0 saturated heterocycles. The number of nitrogens with one attached hydrogen (secondary N) is 2. The fourth-order valence-electron chi connectivity index (χ4n) is 3.10. The second kappa shape index (κ2) is 11.2. The Morgan fingerprint density at radius 3 is 1.89 bits per heavy atom. The number of ether oxygens (including phenoxy) is 3. The summed E-state index contributed by atoms with van der Waals surface area (Å²) in [6.45, 7) is 0. The van der Waals surface area contributed by atoms with Crippen LogP contribution in [0.4, 0.5) is 11.4 Å². The van der Waals surface area contributed by atoms with Crippen LogP contribution in [0.1, 0.15) is 41.4 Å². The van der Waals surface area contributed by atoms with Crippen molar-refractivity contribution in [2.75, 3.05) is 32.0 Å². The van der Waals surface area contributed by atoms with E-state index in [1.165, 1.54) is 57.7 Å². The van der Waals surface area contributed by atoms with Crippen LogP contribution in [-0.2, 0) is 9.47 Å². The van der Waals surface area contributed by atoms with Gasteiger partial charge in [-0.1, -0.05) is 17.7 Å². The highest BCUT2D eigenvalue weighted by Gasteiger charge is 2.17. The zero-order valence-electron chi connectivity index (χ0n) is 19.0. The summed E-state index contributed by atoms with van der Waals surface area (Å²) in [5, 5.41) is 5.51. The molecule has 0 unspecified atom stereocenters. The molecule has 0 fully saturated rings. The van der Waals surface area contributed by atoms with Crippen molar-refractivity contribution in [3.8, 4) is 5.75 Å². The summed E-state index contributed by atoms with van der Waals surface area (Å²) in [7, 11) is 3.88. The van der Waals surface area contributed by atoms with E-state index in [4.69, 9.17) is 25.8 Å². The third-order valence-electron chi connectivity index (χ3n) is 4.84. The molecule has 3 rings (SSSR count). The first-order valence-corrected chi connectivity index (χ1v) is 10.5. The summed E-state index contributed by atoms with van der Waals surface area (Å²) < 4.78 is 14.5. The minimum absolute atomic E-state index is 0.0491. The average molecular weight is 497 g/mol. The van der Waals surface area contributed by atoms with Crippen LogP contribution >= 0.6 is 11.6 Å². The van der Waals surface area contributed by atoms with Gasteiger partial charge in [0.05, 0.1) is 43.2 Å². The number of amides is 2. The largest absolute Gasteiger partial charge is 0.497 e. The molecule has 0 aliphatic heterocycles. The molecule has 0 radical (unpaired) electrons. The Labute approximate surface area is 205 Å². The van der Waals surface area contributed by atoms with Gasteiger partial charge in [-0.25, -0.2) is 9.59 Å². The molecule has 35 heavy (non-hydrogen) atoms. The Kier molecular flexibility index (Phi) is 8.06. The van der Waals surface area contributed by atoms with E-state index in [0.717, 1.165) is 0 Å². The van der Waals surface area contributed by atoms with Crippen LogP contribution in [0.15, 0.2) is 60.7 Å². The number of carbonyl (C=O) groups excluding carboxylic acids is 4. The van der Waals surface area contributed by atoms with E-state index < -0.39 is 23.8 Å². The lowest BCUT2D eigenvalue weighted by atomic mass is 10.1. The van der Waals surface area contributed by atoms with Gasteiger partial charge in [0, 0.05) is 16.8 Å². The first kappa shape index (κ1) is 25.3. The maximum Gasteiger partial charge on any atom is 0.337 e. The third kappa shape index (κ3) is 6.15. The number of hydrogen-bond acceptors (Lipinski definition) is 7. The molecule has 2 N–H and O–H groups in total. The van der Waals surface area contributed by atoms with Crippen LogP contribution in [0.5, 0.6) is 5.75 Å². The van der Waals surface area contributed by atoms with Gasteiger partial charge in [0.2, 0.25) is 0 Å². The van der Waals surface area contributed by atoms with Crippen molar-refractivity contribution in [3.05, 3.63) is 87.9 Å². The molecule has 0 bridgehead atoms. The second-order valence-electron chi connectivity index (χ2n) is 7.12. The van der Waals surface area contributed by atoms with Crippen molar-refractivity contribution < 1.29 is 33.4 Å². The fourth-order valence-corrected chi connectivity index (χ4v) is 3.26. The smallest absolute Gasteiger partial charge is 0.337 e. The molecule has 0 spiro atoms. The molecule has 3 aromatic carbocycles. The summed E-state index contributed by atoms with van der Waals surface area (Å²) in [5.41, 5.74) is 0.977. The number of benzene rings is 3. The van der Waals surface area contributed by atoms with Crippen LogP contribution in [0.2, 0.25) is 5.02 Å². The predicted molar refractivity (Wildman–Crippen MR) is 129 cm³/mol. The van der Waals surface area contributed by atoms with E-state index in [0.29, 0.717) is 11.3 Å². The first-order valence-electron chi connectivity index (χ1n) is 10.1. The van der Waals surface area contributed by atoms with E-state index >= 15 is 0 Å². The van der Waals surface area contributed by atoms with E-state index in [2.05, 4.69) is 10.6 Å². The molecule has 2 amide bonds. The molecule has 0 heterocycles. The van der Waals surface area contributed by atoms with Gasteiger partial charge in [-0.05, 0) is 54.6 Å². The predicted octanol–water partition coefficient (Wildman–Crippen LogP) is 4.43. The number of rotatable bonds is 7. The molecule has 0 aliphatic carbocycles. The van der Waals surface area contributed by atoms with Crippen LogP contribution in [-0.4, -0.2) is 45.1 Å². The van der Waals surface area contributed by atoms with Crippen LogP contribution in [0.3, 0.4) is 0 Å². The Morgan fingerprint density at radius 2 is 1.29 bits per heavy atom. The zero-order valence-corrected chi connectivity index (χ0v) is 19.8. The van der Waals surface area contributed by atoms with Crippen LogP contribution in [0, 0.1) is 0 Å². The highest BCUT2D eigenvalue weighted by Crippen LogP contribution is 2.25. The molecule has 180 valence electrons. The quantitative estimate of drug-likeness (QED) is 0.464. The normalized spacial score (nSPS) is 10.2. The number of hydrogen-bond donors (Lipinski definition) is 2. The Balaban J connectivity index is 1.85. The lowest BCUT2D eigenvalue weighted by Crippen LogP contribution is -2.16. The fraction of sp³-hybridized carbons (Fsp3) is 0.120. The van der Waals surface area contributed by atoms with Crippen molar-refractivity contribution in [2.24, 2.45) is 0 Å². The molecule has 3 aromatic rings. The number of carbonyl (C=O) groups is 4. The van der Waals surface area contributed by atoms with Gasteiger partial charge in [-0.3, -0.25) is 9.59 Å². The van der Waals surface area contributed by atoms with Gasteiger partial charge in [0.15, 0.2) is 0 Å². The summed E-state index contributed by atoms with van der Waals surface area (Å²) in [4.78, 5) is 49.5. The molecule has 0 aromatic heterocycles. The van der Waals surface area contributed by atoms with Crippen LogP contribution in [0.25, 0.3) is 0 Å². The molecule has 0 atom stereocenters. The number of anilines is 2. The zero-order chi connectivity index (χ0) is 25.5. The summed E-state index contributed by atoms with van der Waals surface area (Å²) in [5.74, 6) is -1.90. The molecular formula is C25H21ClN2O7. The highest BCUT2D eigenvalue weighted by atomic mass is 35.5. The average Bonchev–Trinajstić information content (AvgIpc) is 2.88. The van der Waals surface area contributed by atoms with Gasteiger partial charge in [0.1, 0.15) is 5.75 Å². The molecular weight excluding hydrogens is 476 g/mol. The molecule has 0 saturated carbocycles. The minimum Gasteiger partial charge on any atom is -0.497 e. The van der Waals surface area contributed by atoms with E-state index in [-0.39, 0.29) is 33.1 Å². The third-order valence-corrected chi connectivity index (χ3v) is 5.17. The summed E-state index contributed by atoms with van der Waals surface area (Å²) >= 11 is 6.22. The van der Waals surface area contributed by atoms with E-state index in [1.807, 2.05) is 0 Å². The van der Waals surface area contributed by atoms with Crippen LogP contribution < -0.4 is 15.4 Å². The minimum atomic E-state index is -0.694. The molecule has 10 heteroatoms. The Hall–Kier alpha value is -4.37. The SMILES string of the molecule is COC(=O)c1cc(NC(=O)c2ccc(Cl)c(NC(=O)c3cccc(OC)c3)c2)cc(C(=O)OC)c1. The second-order valence-corrected chi connectivity index (χ2v) is 7.52. The summed E-state index contributed by atoms with van der Waals surface area (Å²) in [6.07, 6.45) is 0. The van der Waals surface area contributed by atoms with Gasteiger partial charge in [0.25, 0.3) is 11.8 Å². The topological polar surface area (TPSA) is 120 Å². The van der Waals surface area contributed by atoms with Gasteiger partial charge < -0.3 is 24.8 Å². The highest BCUT2D eigenvalue weighted by molar-refractivity contribution is 6.34. The molecule has 9 nitrogen and oxygen atoms in total. The maximum atomic E-state index is 12.9. The molecule has 0 aliphatic rings. The van der Waals surface area contributed by atoms with Crippen molar-refractivity contribution >= 4 is 46.7 Å². The maximum absolute atomic E-state index is 12.9. The number of methoxy groups -OCH3 is 3. The van der Waals surface area contributed by atoms with Crippen molar-refractivity contribution in [3.63, 3.8) is 0 Å². The van der Waals surface area contributed by atoms with Gasteiger partial charge in [-0.2, -0.15) is 0 Å². The van der Waals surface area contributed by atoms with Gasteiger partial charge in [-0.15, -0.1) is 0 Å². The Morgan fingerprint density at radius 1 is 0.686 bits per heavy atom. The van der Waals surface area contributed by atoms with Crippen molar-refractivity contribution in [2.45, 2.75) is 0 Å². The standard InChI is InChI=1S/C25H21ClN2O7/c1-33-19-6-4-5-14(12-19)23(30)28-21-13-15(7-8-20(21)26)22(29)27-18-10-16(24(31)34-2)9-17(11-18)25(32)35-3/h4-13H,1-3H3,(H,27,29)(H,28,30). The first-order chi connectivity index (χ1) is 16.7.